The van der Waals surface area contributed by atoms with E-state index in [-0.39, 0.29) is 18.2 Å². The number of hydrogen-bond donors (Lipinski definition) is 2. The molecule has 0 saturated carbocycles. The summed E-state index contributed by atoms with van der Waals surface area (Å²) in [6.07, 6.45) is 1.63. The Labute approximate surface area is 148 Å². The van der Waals surface area contributed by atoms with Gasteiger partial charge < -0.3 is 10.0 Å². The van der Waals surface area contributed by atoms with E-state index >= 15 is 0 Å². The van der Waals surface area contributed by atoms with Crippen molar-refractivity contribution in [1.82, 2.24) is 4.98 Å². The molecule has 0 aliphatic carbocycles. The fourth-order valence-corrected chi connectivity index (χ4v) is 3.39. The molecule has 1 aliphatic rings. The number of aliphatic hydroxyl groups is 1. The molecule has 5 nitrogen and oxygen atoms in total. The summed E-state index contributed by atoms with van der Waals surface area (Å²) in [5.74, 6) is -0.334. The first-order valence-electron chi connectivity index (χ1n) is 7.79. The van der Waals surface area contributed by atoms with E-state index in [1.54, 1.807) is 11.6 Å². The van der Waals surface area contributed by atoms with E-state index in [0.717, 1.165) is 11.4 Å². The number of hydrogen-bond acceptors (Lipinski definition) is 5. The molecule has 2 aromatic carbocycles. The maximum absolute atomic E-state index is 12.7. The average Bonchev–Trinajstić information content (AvgIpc) is 3.16. The Hall–Kier alpha value is -3.12. The van der Waals surface area contributed by atoms with E-state index in [0.29, 0.717) is 16.3 Å². The second kappa shape index (κ2) is 6.41. The summed E-state index contributed by atoms with van der Waals surface area (Å²) in [4.78, 5) is 18.8. The second-order valence-corrected chi connectivity index (χ2v) is 6.45. The number of aliphatic hydroxyl groups excluding tert-OH is 1. The van der Waals surface area contributed by atoms with Crippen LogP contribution in [-0.4, -0.2) is 22.5 Å². The van der Waals surface area contributed by atoms with Gasteiger partial charge in [0.15, 0.2) is 5.13 Å². The van der Waals surface area contributed by atoms with Gasteiger partial charge in [-0.05, 0) is 24.3 Å². The van der Waals surface area contributed by atoms with Crippen LogP contribution >= 0.6 is 11.3 Å². The molecule has 0 atom stereocenters. The number of carbonyl (C=O) groups excluding carboxylic acids is 1. The molecule has 2 N–H and O–H groups in total. The highest BCUT2D eigenvalue weighted by atomic mass is 32.1. The molecule has 0 fully saturated rings. The lowest BCUT2D eigenvalue weighted by Gasteiger charge is -2.32. The fraction of sp³-hybridized carbons (Fsp3) is 0.0526. The van der Waals surface area contributed by atoms with E-state index in [4.69, 9.17) is 0 Å². The van der Waals surface area contributed by atoms with Gasteiger partial charge >= 0.3 is 0 Å². The number of carbonyl (C=O) groups is 1. The highest BCUT2D eigenvalue weighted by Crippen LogP contribution is 2.38. The van der Waals surface area contributed by atoms with Gasteiger partial charge in [-0.25, -0.2) is 4.98 Å². The zero-order valence-electron chi connectivity index (χ0n) is 13.2. The van der Waals surface area contributed by atoms with Gasteiger partial charge in [-0.2, -0.15) is 0 Å². The van der Waals surface area contributed by atoms with E-state index < -0.39 is 0 Å². The molecule has 0 radical (unpaired) electrons. The van der Waals surface area contributed by atoms with Crippen molar-refractivity contribution in [3.8, 4) is 0 Å². The molecular weight excluding hydrogens is 334 g/mol. The largest absolute Gasteiger partial charge is 0.507 e. The SMILES string of the molecule is O=C(Nc1nccs1)C1=C(O)c2ccccc2N(c2ccccc2)C1. The molecular formula is C19H15N3O2S. The summed E-state index contributed by atoms with van der Waals surface area (Å²) in [5.41, 5.74) is 2.79. The van der Waals surface area contributed by atoms with Crippen molar-refractivity contribution in [3.05, 3.63) is 77.3 Å². The quantitative estimate of drug-likeness (QED) is 0.744. The van der Waals surface area contributed by atoms with Crippen LogP contribution in [0.4, 0.5) is 16.5 Å². The van der Waals surface area contributed by atoms with Crippen molar-refractivity contribution in [1.29, 1.82) is 0 Å². The number of aromatic nitrogens is 1. The maximum Gasteiger partial charge on any atom is 0.258 e. The average molecular weight is 349 g/mol. The zero-order chi connectivity index (χ0) is 17.2. The first kappa shape index (κ1) is 15.4. The van der Waals surface area contributed by atoms with Crippen molar-refractivity contribution in [2.45, 2.75) is 0 Å². The monoisotopic (exact) mass is 349 g/mol. The van der Waals surface area contributed by atoms with Gasteiger partial charge in [0.25, 0.3) is 5.91 Å². The van der Waals surface area contributed by atoms with Crippen LogP contribution in [0.5, 0.6) is 0 Å². The van der Waals surface area contributed by atoms with Gasteiger partial charge in [-0.15, -0.1) is 11.3 Å². The fourth-order valence-electron chi connectivity index (χ4n) is 2.87. The van der Waals surface area contributed by atoms with Gasteiger partial charge in [0.2, 0.25) is 0 Å². The molecule has 0 bridgehead atoms. The van der Waals surface area contributed by atoms with Gasteiger partial charge in [0.1, 0.15) is 5.76 Å². The predicted octanol–water partition coefficient (Wildman–Crippen LogP) is 4.20. The minimum absolute atomic E-state index is 0.0110. The Morgan fingerprint density at radius 3 is 2.64 bits per heavy atom. The summed E-state index contributed by atoms with van der Waals surface area (Å²) in [7, 11) is 0. The molecule has 4 rings (SSSR count). The van der Waals surface area contributed by atoms with Gasteiger partial charge in [0.05, 0.1) is 17.8 Å². The number of amides is 1. The molecule has 1 aliphatic heterocycles. The van der Waals surface area contributed by atoms with Crippen LogP contribution < -0.4 is 10.2 Å². The Morgan fingerprint density at radius 1 is 1.12 bits per heavy atom. The standard InChI is InChI=1S/C19H15N3O2S/c23-17-14-8-4-5-9-16(14)22(13-6-2-1-3-7-13)12-15(17)18(24)21-19-20-10-11-25-19/h1-11,23H,12H2,(H,20,21,24). The third kappa shape index (κ3) is 2.88. The molecule has 0 saturated heterocycles. The molecule has 124 valence electrons. The molecule has 0 spiro atoms. The lowest BCUT2D eigenvalue weighted by atomic mass is 9.99. The molecule has 0 unspecified atom stereocenters. The van der Waals surface area contributed by atoms with Crippen LogP contribution in [-0.2, 0) is 4.79 Å². The van der Waals surface area contributed by atoms with Crippen molar-refractivity contribution in [2.75, 3.05) is 16.8 Å². The zero-order valence-corrected chi connectivity index (χ0v) is 14.0. The van der Waals surface area contributed by atoms with Crippen molar-refractivity contribution in [3.63, 3.8) is 0 Å². The third-order valence-corrected chi connectivity index (χ3v) is 4.74. The summed E-state index contributed by atoms with van der Waals surface area (Å²) in [6.45, 7) is 0.282. The number of thiazole rings is 1. The summed E-state index contributed by atoms with van der Waals surface area (Å²) < 4.78 is 0. The molecule has 6 heteroatoms. The van der Waals surface area contributed by atoms with E-state index in [1.807, 2.05) is 59.5 Å². The highest BCUT2D eigenvalue weighted by molar-refractivity contribution is 7.13. The van der Waals surface area contributed by atoms with Crippen LogP contribution in [0, 0.1) is 0 Å². The normalized spacial score (nSPS) is 13.5. The molecule has 1 aromatic heterocycles. The van der Waals surface area contributed by atoms with Gasteiger partial charge in [0, 0.05) is 22.8 Å². The summed E-state index contributed by atoms with van der Waals surface area (Å²) >= 11 is 1.34. The van der Waals surface area contributed by atoms with Gasteiger partial charge in [-0.1, -0.05) is 30.3 Å². The van der Waals surface area contributed by atoms with Crippen LogP contribution in [0.25, 0.3) is 5.76 Å². The number of nitrogens with one attached hydrogen (secondary N) is 1. The molecule has 3 aromatic rings. The van der Waals surface area contributed by atoms with Crippen LogP contribution in [0.1, 0.15) is 5.56 Å². The summed E-state index contributed by atoms with van der Waals surface area (Å²) in [6, 6.07) is 17.3. The van der Waals surface area contributed by atoms with Crippen LogP contribution in [0.2, 0.25) is 0 Å². The first-order valence-corrected chi connectivity index (χ1v) is 8.67. The number of anilines is 3. The Bertz CT molecular complexity index is 936. The minimum Gasteiger partial charge on any atom is -0.507 e. The third-order valence-electron chi connectivity index (χ3n) is 4.05. The number of rotatable bonds is 3. The highest BCUT2D eigenvalue weighted by Gasteiger charge is 2.29. The van der Waals surface area contributed by atoms with E-state index in [9.17, 15) is 9.90 Å². The number of benzene rings is 2. The smallest absolute Gasteiger partial charge is 0.258 e. The Balaban J connectivity index is 1.76. The number of para-hydroxylation sites is 2. The molecule has 2 heterocycles. The minimum atomic E-state index is -0.345. The predicted molar refractivity (Wildman–Crippen MR) is 100 cm³/mol. The molecule has 25 heavy (non-hydrogen) atoms. The van der Waals surface area contributed by atoms with Crippen molar-refractivity contribution >= 4 is 39.5 Å². The Kier molecular flexibility index (Phi) is 3.95. The molecule has 1 amide bonds. The van der Waals surface area contributed by atoms with Crippen LogP contribution in [0.15, 0.2) is 71.7 Å². The number of nitrogens with zero attached hydrogens (tertiary/aromatic N) is 2. The Morgan fingerprint density at radius 2 is 1.88 bits per heavy atom. The lowest BCUT2D eigenvalue weighted by molar-refractivity contribution is -0.112. The van der Waals surface area contributed by atoms with Crippen LogP contribution in [0.3, 0.4) is 0 Å². The second-order valence-electron chi connectivity index (χ2n) is 5.56. The van der Waals surface area contributed by atoms with E-state index in [2.05, 4.69) is 10.3 Å². The lowest BCUT2D eigenvalue weighted by Crippen LogP contribution is -2.31. The van der Waals surface area contributed by atoms with Crippen molar-refractivity contribution < 1.29 is 9.90 Å². The van der Waals surface area contributed by atoms with E-state index in [1.165, 1.54) is 11.3 Å². The van der Waals surface area contributed by atoms with Crippen molar-refractivity contribution in [2.24, 2.45) is 0 Å². The number of fused-ring (bicyclic) bond motifs is 1. The topological polar surface area (TPSA) is 65.5 Å². The van der Waals surface area contributed by atoms with Gasteiger partial charge in [-0.3, -0.25) is 10.1 Å². The maximum atomic E-state index is 12.7. The summed E-state index contributed by atoms with van der Waals surface area (Å²) in [5, 5.41) is 15.7. The first-order chi connectivity index (χ1) is 12.2.